The molecule has 148 valence electrons. The van der Waals surface area contributed by atoms with Crippen LogP contribution in [0.15, 0.2) is 36.7 Å². The first-order valence-corrected chi connectivity index (χ1v) is 10.1. The van der Waals surface area contributed by atoms with Crippen LogP contribution in [0.1, 0.15) is 23.2 Å². The molecule has 2 aromatic heterocycles. The number of rotatable bonds is 6. The molecule has 1 aliphatic heterocycles. The Bertz CT molecular complexity index is 999. The van der Waals surface area contributed by atoms with E-state index >= 15 is 0 Å². The van der Waals surface area contributed by atoms with Crippen LogP contribution in [0.2, 0.25) is 0 Å². The van der Waals surface area contributed by atoms with Crippen LogP contribution in [0.3, 0.4) is 0 Å². The summed E-state index contributed by atoms with van der Waals surface area (Å²) in [6.07, 6.45) is 2.90. The van der Waals surface area contributed by atoms with Crippen molar-refractivity contribution in [2.45, 2.75) is 33.4 Å². The molecule has 0 bridgehead atoms. The standard InChI is InChI=1S/C22H29N5O/c1-17-18(2)27(10-6-9-25-11-13-28-14-12-25)22-20(17)21(23)26(16-24-22)15-19-7-4-3-5-8-19/h3-5,7-8,16,23H,6,9-15H2,1-2H3. The fraction of sp³-hybridized carbons (Fsp3) is 0.455. The third kappa shape index (κ3) is 3.75. The monoisotopic (exact) mass is 379 g/mol. The molecular weight excluding hydrogens is 350 g/mol. The highest BCUT2D eigenvalue weighted by Gasteiger charge is 2.16. The molecule has 3 heterocycles. The van der Waals surface area contributed by atoms with Gasteiger partial charge in [-0.2, -0.15) is 0 Å². The van der Waals surface area contributed by atoms with E-state index in [1.165, 1.54) is 16.8 Å². The zero-order chi connectivity index (χ0) is 19.5. The summed E-state index contributed by atoms with van der Waals surface area (Å²) in [5.41, 5.74) is 5.05. The molecule has 0 aliphatic carbocycles. The fourth-order valence-corrected chi connectivity index (χ4v) is 4.04. The third-order valence-electron chi connectivity index (χ3n) is 5.80. The number of benzene rings is 1. The van der Waals surface area contributed by atoms with E-state index < -0.39 is 0 Å². The number of aromatic nitrogens is 3. The quantitative estimate of drug-likeness (QED) is 0.716. The van der Waals surface area contributed by atoms with Gasteiger partial charge in [-0.25, -0.2) is 4.98 Å². The molecule has 4 rings (SSSR count). The molecule has 6 heteroatoms. The van der Waals surface area contributed by atoms with Crippen molar-refractivity contribution in [3.8, 4) is 0 Å². The average Bonchev–Trinajstić information content (AvgIpc) is 2.97. The minimum atomic E-state index is 0.543. The van der Waals surface area contributed by atoms with Crippen LogP contribution in [0, 0.1) is 19.3 Å². The number of ether oxygens (including phenoxy) is 1. The number of morpholine rings is 1. The SMILES string of the molecule is Cc1c(C)n(CCCN2CCOCC2)c2ncn(Cc3ccccc3)c(=N)c12. The predicted molar refractivity (Wildman–Crippen MR) is 110 cm³/mol. The van der Waals surface area contributed by atoms with Gasteiger partial charge in [0.25, 0.3) is 0 Å². The molecule has 0 spiro atoms. The molecule has 3 aromatic rings. The molecule has 1 fully saturated rings. The summed E-state index contributed by atoms with van der Waals surface area (Å²) >= 11 is 0. The van der Waals surface area contributed by atoms with Gasteiger partial charge in [-0.15, -0.1) is 0 Å². The first-order valence-electron chi connectivity index (χ1n) is 10.1. The fourth-order valence-electron chi connectivity index (χ4n) is 4.04. The van der Waals surface area contributed by atoms with Gasteiger partial charge in [0.05, 0.1) is 31.5 Å². The van der Waals surface area contributed by atoms with E-state index in [4.69, 9.17) is 15.1 Å². The summed E-state index contributed by atoms with van der Waals surface area (Å²) in [6.45, 7) is 10.7. The molecule has 1 aromatic carbocycles. The maximum Gasteiger partial charge on any atom is 0.145 e. The van der Waals surface area contributed by atoms with Crippen LogP contribution in [0.25, 0.3) is 11.0 Å². The summed E-state index contributed by atoms with van der Waals surface area (Å²) in [4.78, 5) is 7.22. The number of nitrogens with one attached hydrogen (secondary N) is 1. The number of nitrogens with zero attached hydrogens (tertiary/aromatic N) is 4. The van der Waals surface area contributed by atoms with Crippen molar-refractivity contribution in [1.29, 1.82) is 5.41 Å². The van der Waals surface area contributed by atoms with Gasteiger partial charge in [-0.05, 0) is 31.4 Å². The molecule has 0 unspecified atom stereocenters. The molecule has 6 nitrogen and oxygen atoms in total. The maximum absolute atomic E-state index is 8.76. The number of fused-ring (bicyclic) bond motifs is 1. The third-order valence-corrected chi connectivity index (χ3v) is 5.80. The van der Waals surface area contributed by atoms with E-state index in [9.17, 15) is 0 Å². The van der Waals surface area contributed by atoms with Crippen molar-refractivity contribution in [1.82, 2.24) is 19.0 Å². The van der Waals surface area contributed by atoms with Crippen molar-refractivity contribution in [3.05, 3.63) is 59.0 Å². The highest BCUT2D eigenvalue weighted by molar-refractivity contribution is 5.80. The summed E-state index contributed by atoms with van der Waals surface area (Å²) in [5.74, 6) is 0. The van der Waals surface area contributed by atoms with Crippen molar-refractivity contribution >= 4 is 11.0 Å². The lowest BCUT2D eigenvalue weighted by molar-refractivity contribution is 0.0369. The lowest BCUT2D eigenvalue weighted by Gasteiger charge is -2.26. The van der Waals surface area contributed by atoms with Crippen molar-refractivity contribution in [2.75, 3.05) is 32.8 Å². The van der Waals surface area contributed by atoms with Gasteiger partial charge in [0, 0.05) is 31.9 Å². The molecule has 28 heavy (non-hydrogen) atoms. The molecule has 0 atom stereocenters. The van der Waals surface area contributed by atoms with E-state index in [1.54, 1.807) is 0 Å². The van der Waals surface area contributed by atoms with Gasteiger partial charge < -0.3 is 13.9 Å². The van der Waals surface area contributed by atoms with Crippen LogP contribution in [-0.4, -0.2) is 51.9 Å². The van der Waals surface area contributed by atoms with E-state index in [0.717, 1.165) is 56.8 Å². The number of hydrogen-bond donors (Lipinski definition) is 1. The minimum absolute atomic E-state index is 0.543. The summed E-state index contributed by atoms with van der Waals surface area (Å²) in [5, 5.41) is 9.74. The highest BCUT2D eigenvalue weighted by Crippen LogP contribution is 2.21. The van der Waals surface area contributed by atoms with Gasteiger partial charge >= 0.3 is 0 Å². The first kappa shape index (κ1) is 18.9. The van der Waals surface area contributed by atoms with Crippen LogP contribution in [-0.2, 0) is 17.8 Å². The van der Waals surface area contributed by atoms with E-state index in [0.29, 0.717) is 12.0 Å². The van der Waals surface area contributed by atoms with Crippen molar-refractivity contribution < 1.29 is 4.74 Å². The molecule has 0 radical (unpaired) electrons. The Morgan fingerprint density at radius 3 is 2.57 bits per heavy atom. The normalized spacial score (nSPS) is 15.4. The van der Waals surface area contributed by atoms with Gasteiger partial charge in [-0.1, -0.05) is 30.3 Å². The Morgan fingerprint density at radius 1 is 1.07 bits per heavy atom. The predicted octanol–water partition coefficient (Wildman–Crippen LogP) is 2.70. The largest absolute Gasteiger partial charge is 0.379 e. The molecule has 1 aliphatic rings. The van der Waals surface area contributed by atoms with Crippen molar-refractivity contribution in [3.63, 3.8) is 0 Å². The first-order chi connectivity index (χ1) is 13.6. The molecule has 1 saturated heterocycles. The Labute approximate surface area is 165 Å². The van der Waals surface area contributed by atoms with Gasteiger partial charge in [-0.3, -0.25) is 10.3 Å². The van der Waals surface area contributed by atoms with Crippen LogP contribution in [0.4, 0.5) is 0 Å². The van der Waals surface area contributed by atoms with Crippen molar-refractivity contribution in [2.24, 2.45) is 0 Å². The summed E-state index contributed by atoms with van der Waals surface area (Å²) in [7, 11) is 0. The Kier molecular flexibility index (Phi) is 5.59. The van der Waals surface area contributed by atoms with E-state index in [-0.39, 0.29) is 0 Å². The Balaban J connectivity index is 1.57. The molecule has 0 saturated carbocycles. The number of hydrogen-bond acceptors (Lipinski definition) is 4. The minimum Gasteiger partial charge on any atom is -0.379 e. The van der Waals surface area contributed by atoms with Gasteiger partial charge in [0.15, 0.2) is 0 Å². The van der Waals surface area contributed by atoms with Gasteiger partial charge in [0.2, 0.25) is 0 Å². The van der Waals surface area contributed by atoms with E-state index in [1.807, 2.05) is 29.1 Å². The Hall–Kier alpha value is -2.44. The smallest absolute Gasteiger partial charge is 0.145 e. The maximum atomic E-state index is 8.76. The second-order valence-electron chi connectivity index (χ2n) is 7.57. The lowest BCUT2D eigenvalue weighted by atomic mass is 10.2. The summed E-state index contributed by atoms with van der Waals surface area (Å²) < 4.78 is 9.65. The van der Waals surface area contributed by atoms with Crippen LogP contribution < -0.4 is 5.49 Å². The van der Waals surface area contributed by atoms with Crippen LogP contribution in [0.5, 0.6) is 0 Å². The zero-order valence-electron chi connectivity index (χ0n) is 16.8. The second kappa shape index (κ2) is 8.29. The Morgan fingerprint density at radius 2 is 1.82 bits per heavy atom. The molecule has 1 N–H and O–H groups in total. The average molecular weight is 380 g/mol. The molecular formula is C22H29N5O. The van der Waals surface area contributed by atoms with Crippen LogP contribution >= 0.6 is 0 Å². The zero-order valence-corrected chi connectivity index (χ0v) is 16.8. The van der Waals surface area contributed by atoms with Gasteiger partial charge in [0.1, 0.15) is 11.1 Å². The lowest BCUT2D eigenvalue weighted by Crippen LogP contribution is -2.37. The summed E-state index contributed by atoms with van der Waals surface area (Å²) in [6, 6.07) is 10.3. The number of aryl methyl sites for hydroxylation is 2. The highest BCUT2D eigenvalue weighted by atomic mass is 16.5. The second-order valence-corrected chi connectivity index (χ2v) is 7.57. The van der Waals surface area contributed by atoms with E-state index in [2.05, 4.69) is 35.4 Å². The molecule has 0 amide bonds. The topological polar surface area (TPSA) is 59.1 Å².